The van der Waals surface area contributed by atoms with E-state index in [1.807, 2.05) is 60.7 Å². The number of carbonyl (C=O) groups excluding carboxylic acids is 2. The minimum Gasteiger partial charge on any atom is -0.383 e. The molecule has 6 nitrogen and oxygen atoms in total. The summed E-state index contributed by atoms with van der Waals surface area (Å²) in [5.41, 5.74) is 1.36. The first-order valence-electron chi connectivity index (χ1n) is 7.83. The number of benzene rings is 2. The molecule has 1 aliphatic heterocycles. The average molecular weight is 334 g/mol. The number of rotatable bonds is 4. The maximum atomic E-state index is 12.9. The van der Waals surface area contributed by atoms with E-state index in [1.54, 1.807) is 0 Å². The normalized spacial score (nSPS) is 13.0. The maximum Gasteiger partial charge on any atom is 0.365 e. The van der Waals surface area contributed by atoms with Gasteiger partial charge in [-0.25, -0.2) is 14.4 Å². The van der Waals surface area contributed by atoms with Crippen LogP contribution in [0.15, 0.2) is 65.5 Å². The molecule has 0 unspecified atom stereocenters. The first-order valence-corrected chi connectivity index (χ1v) is 7.83. The highest BCUT2D eigenvalue weighted by Gasteiger charge is 2.39. The van der Waals surface area contributed by atoms with Crippen LogP contribution in [0.25, 0.3) is 0 Å². The number of esters is 2. The maximum absolute atomic E-state index is 12.9. The zero-order valence-electron chi connectivity index (χ0n) is 13.2. The molecular weight excluding hydrogens is 320 g/mol. The minimum atomic E-state index is -0.778. The van der Waals surface area contributed by atoms with Crippen molar-refractivity contribution in [2.45, 2.75) is 13.1 Å². The van der Waals surface area contributed by atoms with Gasteiger partial charge in [0.1, 0.15) is 0 Å². The number of aromatic nitrogens is 2. The zero-order valence-corrected chi connectivity index (χ0v) is 13.2. The Labute approximate surface area is 142 Å². The number of carbonyl (C=O) groups is 2. The van der Waals surface area contributed by atoms with Crippen LogP contribution in [0.5, 0.6) is 0 Å². The van der Waals surface area contributed by atoms with E-state index >= 15 is 0 Å². The lowest BCUT2D eigenvalue weighted by Gasteiger charge is -2.06. The van der Waals surface area contributed by atoms with Crippen molar-refractivity contribution >= 4 is 11.9 Å². The molecule has 3 aromatic rings. The molecule has 124 valence electrons. The standard InChI is InChI=1S/C19H14N2O4/c22-17-15-16(18(23)25-17)21(12-14-9-5-2-6-10-14)19(24)20(15)11-13-7-3-1-4-8-13/h1-10H,11-12H2. The second-order valence-corrected chi connectivity index (χ2v) is 5.80. The van der Waals surface area contributed by atoms with Crippen molar-refractivity contribution in [3.8, 4) is 0 Å². The molecule has 0 spiro atoms. The van der Waals surface area contributed by atoms with Gasteiger partial charge in [0, 0.05) is 0 Å². The molecular formula is C19H14N2O4. The van der Waals surface area contributed by atoms with E-state index in [2.05, 4.69) is 0 Å². The van der Waals surface area contributed by atoms with E-state index in [0.29, 0.717) is 0 Å². The number of cyclic esters (lactones) is 2. The molecule has 4 rings (SSSR count). The van der Waals surface area contributed by atoms with Crippen LogP contribution < -0.4 is 5.69 Å². The predicted octanol–water partition coefficient (Wildman–Crippen LogP) is 2.06. The molecule has 0 fully saturated rings. The van der Waals surface area contributed by atoms with Gasteiger partial charge in [0.05, 0.1) is 13.1 Å². The van der Waals surface area contributed by atoms with Crippen molar-refractivity contribution in [3.63, 3.8) is 0 Å². The van der Waals surface area contributed by atoms with Crippen LogP contribution in [0.1, 0.15) is 32.1 Å². The van der Waals surface area contributed by atoms with Crippen molar-refractivity contribution in [1.29, 1.82) is 0 Å². The van der Waals surface area contributed by atoms with Crippen molar-refractivity contribution in [1.82, 2.24) is 9.13 Å². The fraction of sp³-hybridized carbons (Fsp3) is 0.105. The predicted molar refractivity (Wildman–Crippen MR) is 89.5 cm³/mol. The largest absolute Gasteiger partial charge is 0.383 e. The van der Waals surface area contributed by atoms with Crippen molar-refractivity contribution in [3.05, 3.63) is 93.7 Å². The van der Waals surface area contributed by atoms with E-state index in [4.69, 9.17) is 4.74 Å². The molecule has 0 saturated carbocycles. The van der Waals surface area contributed by atoms with Gasteiger partial charge in [-0.15, -0.1) is 0 Å². The number of fused-ring (bicyclic) bond motifs is 1. The van der Waals surface area contributed by atoms with Crippen LogP contribution in [0.2, 0.25) is 0 Å². The molecule has 1 aromatic heterocycles. The summed E-state index contributed by atoms with van der Waals surface area (Å²) < 4.78 is 7.34. The van der Waals surface area contributed by atoms with Gasteiger partial charge in [-0.2, -0.15) is 0 Å². The van der Waals surface area contributed by atoms with Gasteiger partial charge in [-0.3, -0.25) is 9.13 Å². The lowest BCUT2D eigenvalue weighted by molar-refractivity contribution is 0.0432. The highest BCUT2D eigenvalue weighted by molar-refractivity contribution is 6.12. The summed E-state index contributed by atoms with van der Waals surface area (Å²) in [5, 5.41) is 0. The summed E-state index contributed by atoms with van der Waals surface area (Å²) in [4.78, 5) is 37.0. The number of nitrogens with zero attached hydrogens (tertiary/aromatic N) is 2. The highest BCUT2D eigenvalue weighted by Crippen LogP contribution is 2.21. The molecule has 25 heavy (non-hydrogen) atoms. The quantitative estimate of drug-likeness (QED) is 0.541. The average Bonchev–Trinajstić information content (AvgIpc) is 3.06. The van der Waals surface area contributed by atoms with Crippen LogP contribution >= 0.6 is 0 Å². The topological polar surface area (TPSA) is 70.3 Å². The molecule has 1 aliphatic rings. The Morgan fingerprint density at radius 3 is 1.44 bits per heavy atom. The van der Waals surface area contributed by atoms with Gasteiger partial charge in [-0.1, -0.05) is 60.7 Å². The molecule has 0 aliphatic carbocycles. The van der Waals surface area contributed by atoms with Crippen LogP contribution in [-0.2, 0) is 17.8 Å². The summed E-state index contributed by atoms with van der Waals surface area (Å²) in [7, 11) is 0. The number of ether oxygens (including phenoxy) is 1. The van der Waals surface area contributed by atoms with Gasteiger partial charge in [0.2, 0.25) is 0 Å². The molecule has 0 saturated heterocycles. The van der Waals surface area contributed by atoms with E-state index in [-0.39, 0.29) is 24.5 Å². The Morgan fingerprint density at radius 2 is 1.04 bits per heavy atom. The third-order valence-electron chi connectivity index (χ3n) is 4.17. The fourth-order valence-corrected chi connectivity index (χ4v) is 3.01. The number of imidazole rings is 1. The summed E-state index contributed by atoms with van der Waals surface area (Å²) in [6.07, 6.45) is 0. The molecule has 0 amide bonds. The first kappa shape index (κ1) is 15.1. The summed E-state index contributed by atoms with van der Waals surface area (Å²) in [6, 6.07) is 18.6. The lowest BCUT2D eigenvalue weighted by atomic mass is 10.2. The smallest absolute Gasteiger partial charge is 0.365 e. The molecule has 2 heterocycles. The molecule has 0 N–H and O–H groups in total. The van der Waals surface area contributed by atoms with Crippen LogP contribution in [0.4, 0.5) is 0 Å². The Bertz CT molecular complexity index is 937. The van der Waals surface area contributed by atoms with Gasteiger partial charge >= 0.3 is 17.6 Å². The van der Waals surface area contributed by atoms with Crippen LogP contribution in [0.3, 0.4) is 0 Å². The van der Waals surface area contributed by atoms with Gasteiger partial charge in [0.15, 0.2) is 11.4 Å². The van der Waals surface area contributed by atoms with E-state index in [0.717, 1.165) is 11.1 Å². The second kappa shape index (κ2) is 5.90. The molecule has 0 bridgehead atoms. The van der Waals surface area contributed by atoms with Crippen LogP contribution in [-0.4, -0.2) is 21.1 Å². The first-order chi connectivity index (χ1) is 12.1. The number of hydrogen-bond acceptors (Lipinski definition) is 4. The lowest BCUT2D eigenvalue weighted by Crippen LogP contribution is -2.29. The van der Waals surface area contributed by atoms with Gasteiger partial charge < -0.3 is 4.74 Å². The van der Waals surface area contributed by atoms with E-state index < -0.39 is 17.6 Å². The van der Waals surface area contributed by atoms with Crippen LogP contribution in [0, 0.1) is 0 Å². The van der Waals surface area contributed by atoms with Gasteiger partial charge in [-0.05, 0) is 11.1 Å². The SMILES string of the molecule is O=C1OC(=O)c2c1n(Cc1ccccc1)c(=O)n2Cc1ccccc1. The Kier molecular flexibility index (Phi) is 3.57. The van der Waals surface area contributed by atoms with Crippen molar-refractivity contribution < 1.29 is 14.3 Å². The molecule has 2 aromatic carbocycles. The monoisotopic (exact) mass is 334 g/mol. The Morgan fingerprint density at radius 1 is 0.640 bits per heavy atom. The third-order valence-corrected chi connectivity index (χ3v) is 4.17. The summed E-state index contributed by atoms with van der Waals surface area (Å²) in [5.74, 6) is -1.56. The van der Waals surface area contributed by atoms with E-state index in [9.17, 15) is 14.4 Å². The zero-order chi connectivity index (χ0) is 17.4. The van der Waals surface area contributed by atoms with E-state index in [1.165, 1.54) is 9.13 Å². The fourth-order valence-electron chi connectivity index (χ4n) is 3.01. The third kappa shape index (κ3) is 2.57. The highest BCUT2D eigenvalue weighted by atomic mass is 16.6. The van der Waals surface area contributed by atoms with Gasteiger partial charge in [0.25, 0.3) is 0 Å². The summed E-state index contributed by atoms with van der Waals surface area (Å²) in [6.45, 7) is 0.401. The molecule has 0 radical (unpaired) electrons. The van der Waals surface area contributed by atoms with Crippen molar-refractivity contribution in [2.24, 2.45) is 0 Å². The minimum absolute atomic E-state index is 0.0229. The Balaban J connectivity index is 1.84. The number of hydrogen-bond donors (Lipinski definition) is 0. The van der Waals surface area contributed by atoms with Crippen molar-refractivity contribution in [2.75, 3.05) is 0 Å². The second-order valence-electron chi connectivity index (χ2n) is 5.80. The molecule has 0 atom stereocenters. The Hall–Kier alpha value is -3.41. The summed E-state index contributed by atoms with van der Waals surface area (Å²) >= 11 is 0. The molecule has 6 heteroatoms.